The van der Waals surface area contributed by atoms with Crippen molar-refractivity contribution in [1.29, 1.82) is 0 Å². The number of aryl methyl sites for hydroxylation is 1. The fourth-order valence-electron chi connectivity index (χ4n) is 2.41. The molecule has 1 N–H and O–H groups in total. The molecule has 24 heavy (non-hydrogen) atoms. The maximum Gasteiger partial charge on any atom is 0.341 e. The Kier molecular flexibility index (Phi) is 4.03. The highest BCUT2D eigenvalue weighted by molar-refractivity contribution is 5.92. The highest BCUT2D eigenvalue weighted by Crippen LogP contribution is 2.23. The van der Waals surface area contributed by atoms with Crippen LogP contribution in [0.1, 0.15) is 10.4 Å². The number of nitrogens with zero attached hydrogens (tertiary/aromatic N) is 3. The molecule has 0 atom stereocenters. The molecule has 0 fully saturated rings. The summed E-state index contributed by atoms with van der Waals surface area (Å²) >= 11 is 0. The van der Waals surface area contributed by atoms with E-state index in [0.717, 1.165) is 12.3 Å². The Bertz CT molecular complexity index is 987. The fraction of sp³-hybridized carbons (Fsp3) is 0.125. The lowest BCUT2D eigenvalue weighted by atomic mass is 10.1. The van der Waals surface area contributed by atoms with Crippen molar-refractivity contribution in [3.8, 4) is 11.3 Å². The summed E-state index contributed by atoms with van der Waals surface area (Å²) in [7, 11) is 0. The van der Waals surface area contributed by atoms with Crippen molar-refractivity contribution in [2.24, 2.45) is 0 Å². The zero-order valence-corrected chi connectivity index (χ0v) is 12.2. The summed E-state index contributed by atoms with van der Waals surface area (Å²) in [4.78, 5) is 31.3. The molecule has 8 heteroatoms. The smallest absolute Gasteiger partial charge is 0.341 e. The molecule has 0 radical (unpaired) electrons. The largest absolute Gasteiger partial charge is 0.477 e. The normalized spacial score (nSPS) is 10.9. The molecule has 0 saturated heterocycles. The highest BCUT2D eigenvalue weighted by atomic mass is 19.1. The zero-order chi connectivity index (χ0) is 17.3. The van der Waals surface area contributed by atoms with E-state index in [1.807, 2.05) is 0 Å². The number of hydrogen-bond donors (Lipinski definition) is 1. The number of hydrogen-bond acceptors (Lipinski definition) is 4. The summed E-state index contributed by atoms with van der Waals surface area (Å²) in [5, 5.41) is 8.88. The molecular formula is C16H11F2N3O3. The lowest BCUT2D eigenvalue weighted by molar-refractivity contribution is 0.0694. The lowest BCUT2D eigenvalue weighted by Crippen LogP contribution is -2.20. The average Bonchev–Trinajstić information content (AvgIpc) is 2.57. The first-order chi connectivity index (χ1) is 11.5. The second kappa shape index (κ2) is 6.15. The van der Waals surface area contributed by atoms with E-state index in [4.69, 9.17) is 5.11 Å². The summed E-state index contributed by atoms with van der Waals surface area (Å²) in [6, 6.07) is 4.02. The van der Waals surface area contributed by atoms with Gasteiger partial charge < -0.3 is 9.67 Å². The number of aromatic nitrogens is 3. The molecule has 0 aromatic carbocycles. The van der Waals surface area contributed by atoms with Gasteiger partial charge in [-0.2, -0.15) is 0 Å². The van der Waals surface area contributed by atoms with Crippen LogP contribution in [0.15, 0.2) is 41.6 Å². The number of aromatic carboxylic acids is 1. The minimum atomic E-state index is -1.46. The molecule has 0 bridgehead atoms. The molecule has 122 valence electrons. The van der Waals surface area contributed by atoms with Gasteiger partial charge in [-0.05, 0) is 18.2 Å². The van der Waals surface area contributed by atoms with Crippen LogP contribution in [0.2, 0.25) is 0 Å². The van der Waals surface area contributed by atoms with Gasteiger partial charge in [-0.1, -0.05) is 0 Å². The van der Waals surface area contributed by atoms with E-state index in [0.29, 0.717) is 5.56 Å². The van der Waals surface area contributed by atoms with Crippen molar-refractivity contribution in [2.75, 3.05) is 6.67 Å². The Labute approximate surface area is 134 Å². The first-order valence-corrected chi connectivity index (χ1v) is 6.96. The first kappa shape index (κ1) is 15.7. The monoisotopic (exact) mass is 331 g/mol. The summed E-state index contributed by atoms with van der Waals surface area (Å²) < 4.78 is 28.4. The van der Waals surface area contributed by atoms with Crippen LogP contribution in [0.4, 0.5) is 8.78 Å². The molecule has 3 aromatic heterocycles. The zero-order valence-electron chi connectivity index (χ0n) is 12.2. The molecular weight excluding hydrogens is 320 g/mol. The van der Waals surface area contributed by atoms with Gasteiger partial charge in [0.2, 0.25) is 5.43 Å². The van der Waals surface area contributed by atoms with Crippen LogP contribution in [0.5, 0.6) is 0 Å². The molecule has 0 aliphatic rings. The van der Waals surface area contributed by atoms with E-state index in [1.165, 1.54) is 17.0 Å². The minimum absolute atomic E-state index is 0.0239. The molecule has 3 rings (SSSR count). The standard InChI is InChI=1S/C16H11F2N3O3/c17-3-6-21-8-11(16(23)24)14(22)10-7-12(18)13(20-15(10)21)9-1-4-19-5-2-9/h1-2,4-5,7-8H,3,6H2,(H,23,24). The van der Waals surface area contributed by atoms with Crippen LogP contribution in [-0.2, 0) is 6.54 Å². The van der Waals surface area contributed by atoms with Gasteiger partial charge in [0.25, 0.3) is 0 Å². The van der Waals surface area contributed by atoms with Crippen LogP contribution in [0, 0.1) is 5.82 Å². The SMILES string of the molecule is O=C(O)c1cn(CCF)c2nc(-c3ccncc3)c(F)cc2c1=O. The molecule has 3 heterocycles. The Balaban J connectivity index is 2.37. The number of alkyl halides is 1. The topological polar surface area (TPSA) is 85.1 Å². The predicted octanol–water partition coefficient (Wildman–Crippen LogP) is 2.27. The van der Waals surface area contributed by atoms with E-state index in [-0.39, 0.29) is 23.3 Å². The summed E-state index contributed by atoms with van der Waals surface area (Å²) in [6.07, 6.45) is 3.94. The van der Waals surface area contributed by atoms with Gasteiger partial charge in [0.05, 0.1) is 11.9 Å². The molecule has 0 unspecified atom stereocenters. The van der Waals surface area contributed by atoms with Gasteiger partial charge >= 0.3 is 5.97 Å². The van der Waals surface area contributed by atoms with Crippen molar-refractivity contribution >= 4 is 17.0 Å². The van der Waals surface area contributed by atoms with Gasteiger partial charge in [0, 0.05) is 24.2 Å². The number of halogens is 2. The molecule has 0 amide bonds. The molecule has 0 saturated carbocycles. The van der Waals surface area contributed by atoms with Crippen LogP contribution in [0.25, 0.3) is 22.3 Å². The summed E-state index contributed by atoms with van der Waals surface area (Å²) in [6.45, 7) is -0.994. The number of carbonyl (C=O) groups is 1. The van der Waals surface area contributed by atoms with Gasteiger partial charge in [-0.25, -0.2) is 18.6 Å². The molecule has 6 nitrogen and oxygen atoms in total. The second-order valence-corrected chi connectivity index (χ2v) is 4.99. The summed E-state index contributed by atoms with van der Waals surface area (Å²) in [5.74, 6) is -2.24. The molecule has 0 aliphatic heterocycles. The Morgan fingerprint density at radius 3 is 2.62 bits per heavy atom. The van der Waals surface area contributed by atoms with E-state index in [1.54, 1.807) is 12.1 Å². The molecule has 0 spiro atoms. The molecule has 0 aliphatic carbocycles. The molecule has 3 aromatic rings. The fourth-order valence-corrected chi connectivity index (χ4v) is 2.41. The third kappa shape index (κ3) is 2.62. The predicted molar refractivity (Wildman–Crippen MR) is 82.1 cm³/mol. The third-order valence-corrected chi connectivity index (χ3v) is 3.51. The highest BCUT2D eigenvalue weighted by Gasteiger charge is 2.18. The van der Waals surface area contributed by atoms with Crippen LogP contribution in [0.3, 0.4) is 0 Å². The maximum atomic E-state index is 14.4. The van der Waals surface area contributed by atoms with E-state index in [9.17, 15) is 18.4 Å². The summed E-state index contributed by atoms with van der Waals surface area (Å²) in [5.41, 5.74) is -0.990. The number of carboxylic acids is 1. The van der Waals surface area contributed by atoms with Crippen molar-refractivity contribution in [3.05, 3.63) is 58.4 Å². The van der Waals surface area contributed by atoms with Crippen molar-refractivity contribution < 1.29 is 18.7 Å². The second-order valence-electron chi connectivity index (χ2n) is 4.99. The Hall–Kier alpha value is -3.16. The lowest BCUT2D eigenvalue weighted by Gasteiger charge is -2.12. The van der Waals surface area contributed by atoms with E-state index in [2.05, 4.69) is 9.97 Å². The van der Waals surface area contributed by atoms with Crippen molar-refractivity contribution in [2.45, 2.75) is 6.54 Å². The van der Waals surface area contributed by atoms with E-state index < -0.39 is 29.5 Å². The minimum Gasteiger partial charge on any atom is -0.477 e. The average molecular weight is 331 g/mol. The maximum absolute atomic E-state index is 14.4. The Morgan fingerprint density at radius 2 is 2.00 bits per heavy atom. The third-order valence-electron chi connectivity index (χ3n) is 3.51. The van der Waals surface area contributed by atoms with Crippen molar-refractivity contribution in [3.63, 3.8) is 0 Å². The van der Waals surface area contributed by atoms with Gasteiger partial charge in [0.15, 0.2) is 0 Å². The Morgan fingerprint density at radius 1 is 1.29 bits per heavy atom. The van der Waals surface area contributed by atoms with Gasteiger partial charge in [-0.3, -0.25) is 9.78 Å². The number of pyridine rings is 3. The first-order valence-electron chi connectivity index (χ1n) is 6.96. The number of rotatable bonds is 4. The quantitative estimate of drug-likeness (QED) is 0.793. The number of fused-ring (bicyclic) bond motifs is 1. The van der Waals surface area contributed by atoms with Crippen LogP contribution >= 0.6 is 0 Å². The van der Waals surface area contributed by atoms with Crippen LogP contribution in [-0.4, -0.2) is 32.3 Å². The van der Waals surface area contributed by atoms with Gasteiger partial charge in [0.1, 0.15) is 29.4 Å². The van der Waals surface area contributed by atoms with Crippen molar-refractivity contribution in [1.82, 2.24) is 14.5 Å². The van der Waals surface area contributed by atoms with Crippen LogP contribution < -0.4 is 5.43 Å². The van der Waals surface area contributed by atoms with Gasteiger partial charge in [-0.15, -0.1) is 0 Å². The number of carboxylic acid groups (broad SMARTS) is 1. The van der Waals surface area contributed by atoms with E-state index >= 15 is 0 Å².